The second-order valence-electron chi connectivity index (χ2n) is 11.4. The predicted octanol–water partition coefficient (Wildman–Crippen LogP) is 5.14. The van der Waals surface area contributed by atoms with E-state index in [-0.39, 0.29) is 41.9 Å². The number of rotatable bonds is 3. The summed E-state index contributed by atoms with van der Waals surface area (Å²) in [6.07, 6.45) is 14.2. The minimum absolute atomic E-state index is 0.0366. The summed E-state index contributed by atoms with van der Waals surface area (Å²) in [6.45, 7) is 15.5. The standard InChI is InChI=1S/C32H52O6/c1-8-9-12-24(5)32-26(7)28(34)18-15-21(2)19-25(6)31(37)23(4)16-17-27(33)20-29(35)22(3)13-10-11-14-30(36)38-32/h8-14,16-17,21-29,31-35,37H,1,15,18-20H2,2-7H3/b12-9-,13-10+,14-11-,17-16-/t21-,22+,23+,24-,25-,26-,27+,28+,29-,31+,32-/m0/s1. The van der Waals surface area contributed by atoms with Gasteiger partial charge in [0.15, 0.2) is 0 Å². The molecule has 0 aliphatic carbocycles. The lowest BCUT2D eigenvalue weighted by molar-refractivity contribution is -0.150. The van der Waals surface area contributed by atoms with Gasteiger partial charge in [-0.2, -0.15) is 0 Å². The first kappa shape index (κ1) is 34.0. The van der Waals surface area contributed by atoms with Crippen LogP contribution in [0.4, 0.5) is 0 Å². The molecule has 0 radical (unpaired) electrons. The van der Waals surface area contributed by atoms with E-state index >= 15 is 0 Å². The number of cyclic esters (lactones) is 1. The molecule has 1 rings (SSSR count). The molecule has 38 heavy (non-hydrogen) atoms. The van der Waals surface area contributed by atoms with Crippen molar-refractivity contribution in [2.45, 2.75) is 97.7 Å². The van der Waals surface area contributed by atoms with Crippen molar-refractivity contribution in [3.05, 3.63) is 61.3 Å². The van der Waals surface area contributed by atoms with Crippen LogP contribution in [-0.2, 0) is 9.53 Å². The first-order chi connectivity index (χ1) is 17.9. The molecule has 1 heterocycles. The van der Waals surface area contributed by atoms with Gasteiger partial charge in [0, 0.05) is 36.2 Å². The highest BCUT2D eigenvalue weighted by Gasteiger charge is 2.31. The van der Waals surface area contributed by atoms with Crippen molar-refractivity contribution in [1.29, 1.82) is 0 Å². The maximum absolute atomic E-state index is 12.6. The van der Waals surface area contributed by atoms with Crippen LogP contribution in [0.2, 0.25) is 0 Å². The third-order valence-electron chi connectivity index (χ3n) is 7.78. The molecule has 0 fully saturated rings. The Kier molecular flexibility index (Phi) is 15.7. The average molecular weight is 533 g/mol. The molecule has 4 N–H and O–H groups in total. The first-order valence-corrected chi connectivity index (χ1v) is 14.1. The van der Waals surface area contributed by atoms with Crippen molar-refractivity contribution in [3.8, 4) is 0 Å². The number of hydrogen-bond donors (Lipinski definition) is 4. The van der Waals surface area contributed by atoms with Crippen molar-refractivity contribution < 1.29 is 30.0 Å². The fraction of sp³-hybridized carbons (Fsp3) is 0.656. The highest BCUT2D eigenvalue weighted by molar-refractivity contribution is 5.82. The highest BCUT2D eigenvalue weighted by atomic mass is 16.5. The second-order valence-corrected chi connectivity index (χ2v) is 11.4. The van der Waals surface area contributed by atoms with Gasteiger partial charge in [-0.1, -0.05) is 96.7 Å². The van der Waals surface area contributed by atoms with Gasteiger partial charge in [-0.3, -0.25) is 0 Å². The summed E-state index contributed by atoms with van der Waals surface area (Å²) < 4.78 is 5.81. The minimum Gasteiger partial charge on any atom is -0.458 e. The van der Waals surface area contributed by atoms with Gasteiger partial charge in [-0.15, -0.1) is 0 Å². The van der Waals surface area contributed by atoms with E-state index in [4.69, 9.17) is 4.74 Å². The van der Waals surface area contributed by atoms with E-state index in [1.165, 1.54) is 6.08 Å². The Bertz CT molecular complexity index is 815. The van der Waals surface area contributed by atoms with Gasteiger partial charge in [-0.05, 0) is 31.1 Å². The molecule has 0 spiro atoms. The van der Waals surface area contributed by atoms with E-state index < -0.39 is 36.5 Å². The summed E-state index contributed by atoms with van der Waals surface area (Å²) in [5.74, 6) is -0.976. The first-order valence-electron chi connectivity index (χ1n) is 14.1. The van der Waals surface area contributed by atoms with Crippen molar-refractivity contribution >= 4 is 5.97 Å². The average Bonchev–Trinajstić information content (AvgIpc) is 2.88. The summed E-state index contributed by atoms with van der Waals surface area (Å²) in [7, 11) is 0. The monoisotopic (exact) mass is 532 g/mol. The Hall–Kier alpha value is -1.99. The minimum atomic E-state index is -0.828. The van der Waals surface area contributed by atoms with Gasteiger partial charge in [0.2, 0.25) is 0 Å². The van der Waals surface area contributed by atoms with Gasteiger partial charge in [0.25, 0.3) is 0 Å². The van der Waals surface area contributed by atoms with E-state index in [9.17, 15) is 25.2 Å². The van der Waals surface area contributed by atoms with E-state index in [0.29, 0.717) is 6.42 Å². The molecule has 6 heteroatoms. The summed E-state index contributed by atoms with van der Waals surface area (Å²) >= 11 is 0. The number of esters is 1. The van der Waals surface area contributed by atoms with Crippen LogP contribution in [-0.4, -0.2) is 56.9 Å². The molecule has 1 aliphatic rings. The van der Waals surface area contributed by atoms with Crippen LogP contribution in [0.1, 0.15) is 67.2 Å². The number of hydrogen-bond acceptors (Lipinski definition) is 6. The fourth-order valence-corrected chi connectivity index (χ4v) is 5.04. The lowest BCUT2D eigenvalue weighted by Gasteiger charge is -2.31. The van der Waals surface area contributed by atoms with E-state index in [2.05, 4.69) is 13.5 Å². The summed E-state index contributed by atoms with van der Waals surface area (Å²) in [5.41, 5.74) is 0. The van der Waals surface area contributed by atoms with Gasteiger partial charge in [-0.25, -0.2) is 4.79 Å². The Morgan fingerprint density at radius 3 is 2.26 bits per heavy atom. The molecular weight excluding hydrogens is 480 g/mol. The zero-order valence-electron chi connectivity index (χ0n) is 24.2. The third kappa shape index (κ3) is 12.2. The molecule has 11 atom stereocenters. The van der Waals surface area contributed by atoms with Gasteiger partial charge in [0.1, 0.15) is 6.10 Å². The molecule has 216 valence electrons. The molecule has 0 bridgehead atoms. The van der Waals surface area contributed by atoms with Gasteiger partial charge >= 0.3 is 5.97 Å². The van der Waals surface area contributed by atoms with Crippen molar-refractivity contribution in [3.63, 3.8) is 0 Å². The number of carbonyl (C=O) groups excluding carboxylic acids is 1. The normalized spacial score (nSPS) is 40.7. The molecule has 0 saturated heterocycles. The SMILES string of the molecule is C=C/C=C\[C@H](C)[C@@H]1OC(=O)/C=C\C=C\[C@@H](C)[C@@H](O)C[C@H](O)/C=C\[C@@H](C)[C@@H](O)[C@@H](C)C[C@@H](C)CC[C@@H](O)[C@@H]1C. The van der Waals surface area contributed by atoms with Crippen LogP contribution in [0.5, 0.6) is 0 Å². The highest BCUT2D eigenvalue weighted by Crippen LogP contribution is 2.28. The Balaban J connectivity index is 3.17. The Labute approximate surface area is 230 Å². The number of aliphatic hydroxyl groups is 4. The van der Waals surface area contributed by atoms with Crippen molar-refractivity contribution in [2.24, 2.45) is 35.5 Å². The lowest BCUT2D eigenvalue weighted by Crippen LogP contribution is -2.37. The van der Waals surface area contributed by atoms with Crippen molar-refractivity contribution in [2.75, 3.05) is 0 Å². The van der Waals surface area contributed by atoms with Crippen LogP contribution in [0.25, 0.3) is 0 Å². The second kappa shape index (κ2) is 17.6. The zero-order valence-corrected chi connectivity index (χ0v) is 24.2. The van der Waals surface area contributed by atoms with Crippen molar-refractivity contribution in [1.82, 2.24) is 0 Å². The summed E-state index contributed by atoms with van der Waals surface area (Å²) in [6, 6.07) is 0. The Morgan fingerprint density at radius 2 is 1.61 bits per heavy atom. The van der Waals surface area contributed by atoms with Crippen LogP contribution >= 0.6 is 0 Å². The lowest BCUT2D eigenvalue weighted by atomic mass is 9.82. The zero-order chi connectivity index (χ0) is 28.8. The van der Waals surface area contributed by atoms with Gasteiger partial charge < -0.3 is 25.2 Å². The van der Waals surface area contributed by atoms with E-state index in [1.54, 1.807) is 30.4 Å². The number of allylic oxidation sites excluding steroid dienone is 4. The van der Waals surface area contributed by atoms with Crippen LogP contribution in [0.15, 0.2) is 61.3 Å². The van der Waals surface area contributed by atoms with E-state index in [0.717, 1.165) is 12.8 Å². The Morgan fingerprint density at radius 1 is 0.921 bits per heavy atom. The molecule has 0 unspecified atom stereocenters. The molecule has 6 nitrogen and oxygen atoms in total. The largest absolute Gasteiger partial charge is 0.458 e. The molecule has 0 saturated carbocycles. The third-order valence-corrected chi connectivity index (χ3v) is 7.78. The summed E-state index contributed by atoms with van der Waals surface area (Å²) in [5, 5.41) is 42.7. The van der Waals surface area contributed by atoms with E-state index in [1.807, 2.05) is 52.8 Å². The number of carbonyl (C=O) groups is 1. The maximum atomic E-state index is 12.6. The number of ether oxygens (including phenoxy) is 1. The molecule has 0 aromatic rings. The molecular formula is C32H52O6. The number of aliphatic hydroxyl groups excluding tert-OH is 4. The molecule has 0 aromatic carbocycles. The van der Waals surface area contributed by atoms with Crippen LogP contribution < -0.4 is 0 Å². The molecule has 1 aliphatic heterocycles. The molecule has 0 aromatic heterocycles. The summed E-state index contributed by atoms with van der Waals surface area (Å²) in [4.78, 5) is 12.6. The van der Waals surface area contributed by atoms with Crippen LogP contribution in [0, 0.1) is 35.5 Å². The van der Waals surface area contributed by atoms with Gasteiger partial charge in [0.05, 0.1) is 24.4 Å². The molecule has 0 amide bonds. The predicted molar refractivity (Wildman–Crippen MR) is 154 cm³/mol. The van der Waals surface area contributed by atoms with Crippen LogP contribution in [0.3, 0.4) is 0 Å². The topological polar surface area (TPSA) is 107 Å². The quantitative estimate of drug-likeness (QED) is 0.228. The maximum Gasteiger partial charge on any atom is 0.331 e. The fourth-order valence-electron chi connectivity index (χ4n) is 5.04. The smallest absolute Gasteiger partial charge is 0.331 e.